The lowest BCUT2D eigenvalue weighted by Gasteiger charge is -2.07. The Labute approximate surface area is 135 Å². The maximum absolute atomic E-state index is 12.1. The van der Waals surface area contributed by atoms with Crippen LogP contribution in [0, 0.1) is 0 Å². The fraction of sp³-hybridized carbons (Fsp3) is 0.222. The number of aryl methyl sites for hydroxylation is 1. The van der Waals surface area contributed by atoms with Gasteiger partial charge in [-0.2, -0.15) is 0 Å². The summed E-state index contributed by atoms with van der Waals surface area (Å²) in [6.45, 7) is 1.99. The molecule has 23 heavy (non-hydrogen) atoms. The van der Waals surface area contributed by atoms with Gasteiger partial charge in [0.1, 0.15) is 5.75 Å². The van der Waals surface area contributed by atoms with Gasteiger partial charge in [-0.1, -0.05) is 18.2 Å². The lowest BCUT2D eigenvalue weighted by atomic mass is 10.1. The number of carbonyl (C=O) groups excluding carboxylic acids is 2. The van der Waals surface area contributed by atoms with E-state index in [1.165, 1.54) is 6.92 Å². The number of aromatic hydroxyl groups is 1. The van der Waals surface area contributed by atoms with Crippen molar-refractivity contribution in [3.63, 3.8) is 0 Å². The third-order valence-corrected chi connectivity index (χ3v) is 3.31. The van der Waals surface area contributed by atoms with Crippen molar-refractivity contribution in [3.05, 3.63) is 59.7 Å². The second kappa shape index (κ2) is 7.98. The second-order valence-corrected chi connectivity index (χ2v) is 5.29. The Morgan fingerprint density at radius 3 is 2.52 bits per heavy atom. The van der Waals surface area contributed by atoms with Crippen LogP contribution in [0.15, 0.2) is 48.5 Å². The Kier molecular flexibility index (Phi) is 5.74. The van der Waals surface area contributed by atoms with Crippen molar-refractivity contribution in [1.29, 1.82) is 0 Å². The lowest BCUT2D eigenvalue weighted by molar-refractivity contribution is -0.114. The zero-order valence-corrected chi connectivity index (χ0v) is 13.0. The van der Waals surface area contributed by atoms with Gasteiger partial charge >= 0.3 is 0 Å². The number of benzene rings is 2. The molecule has 2 rings (SSSR count). The van der Waals surface area contributed by atoms with E-state index in [0.29, 0.717) is 17.8 Å². The maximum Gasteiger partial charge on any atom is 0.251 e. The Bertz CT molecular complexity index is 681. The van der Waals surface area contributed by atoms with Gasteiger partial charge in [0, 0.05) is 24.7 Å². The first-order chi connectivity index (χ1) is 11.0. The van der Waals surface area contributed by atoms with Crippen molar-refractivity contribution >= 4 is 17.5 Å². The molecule has 0 atom stereocenters. The van der Waals surface area contributed by atoms with Gasteiger partial charge in [-0.05, 0) is 48.7 Å². The first-order valence-electron chi connectivity index (χ1n) is 7.48. The van der Waals surface area contributed by atoms with E-state index >= 15 is 0 Å². The highest BCUT2D eigenvalue weighted by atomic mass is 16.3. The van der Waals surface area contributed by atoms with Crippen LogP contribution in [-0.4, -0.2) is 23.5 Å². The summed E-state index contributed by atoms with van der Waals surface area (Å²) in [4.78, 5) is 23.1. The van der Waals surface area contributed by atoms with Crippen molar-refractivity contribution in [2.24, 2.45) is 0 Å². The number of amides is 2. The summed E-state index contributed by atoms with van der Waals surface area (Å²) in [5.41, 5.74) is 2.24. The Balaban J connectivity index is 1.80. The van der Waals surface area contributed by atoms with E-state index < -0.39 is 0 Å². The van der Waals surface area contributed by atoms with Gasteiger partial charge in [0.25, 0.3) is 5.91 Å². The number of phenolic OH excluding ortho intramolecular Hbond substituents is 1. The Hall–Kier alpha value is -2.82. The molecule has 2 aromatic carbocycles. The summed E-state index contributed by atoms with van der Waals surface area (Å²) in [6.07, 6.45) is 1.63. The van der Waals surface area contributed by atoms with Gasteiger partial charge < -0.3 is 15.7 Å². The van der Waals surface area contributed by atoms with Crippen molar-refractivity contribution in [2.75, 3.05) is 11.9 Å². The molecule has 0 spiro atoms. The number of carbonyl (C=O) groups is 2. The van der Waals surface area contributed by atoms with Crippen LogP contribution in [0.5, 0.6) is 5.75 Å². The third kappa shape index (κ3) is 5.47. The molecule has 0 aliphatic carbocycles. The average molecular weight is 312 g/mol. The van der Waals surface area contributed by atoms with Crippen LogP contribution in [0.4, 0.5) is 5.69 Å². The van der Waals surface area contributed by atoms with Gasteiger partial charge in [0.2, 0.25) is 5.91 Å². The summed E-state index contributed by atoms with van der Waals surface area (Å²) in [5, 5.41) is 14.7. The number of hydrogen-bond acceptors (Lipinski definition) is 3. The van der Waals surface area contributed by atoms with Crippen LogP contribution in [-0.2, 0) is 11.2 Å². The van der Waals surface area contributed by atoms with E-state index in [1.54, 1.807) is 36.4 Å². The van der Waals surface area contributed by atoms with Crippen LogP contribution in [0.3, 0.4) is 0 Å². The molecule has 0 aliphatic heterocycles. The lowest BCUT2D eigenvalue weighted by Crippen LogP contribution is -2.24. The first kappa shape index (κ1) is 16.5. The van der Waals surface area contributed by atoms with E-state index in [0.717, 1.165) is 18.4 Å². The van der Waals surface area contributed by atoms with Gasteiger partial charge in [0.05, 0.1) is 0 Å². The fourth-order valence-corrected chi connectivity index (χ4v) is 2.20. The summed E-state index contributed by atoms with van der Waals surface area (Å²) in [6, 6.07) is 13.9. The van der Waals surface area contributed by atoms with Crippen LogP contribution in [0.1, 0.15) is 29.3 Å². The van der Waals surface area contributed by atoms with E-state index in [1.807, 2.05) is 12.1 Å². The first-order valence-corrected chi connectivity index (χ1v) is 7.48. The zero-order chi connectivity index (χ0) is 16.7. The molecular weight excluding hydrogens is 292 g/mol. The molecule has 2 aromatic rings. The van der Waals surface area contributed by atoms with Crippen LogP contribution in [0.25, 0.3) is 0 Å². The number of rotatable bonds is 6. The number of hydrogen-bond donors (Lipinski definition) is 3. The third-order valence-electron chi connectivity index (χ3n) is 3.31. The average Bonchev–Trinajstić information content (AvgIpc) is 2.52. The number of phenols is 1. The predicted molar refractivity (Wildman–Crippen MR) is 89.5 cm³/mol. The van der Waals surface area contributed by atoms with E-state index in [-0.39, 0.29) is 17.6 Å². The highest BCUT2D eigenvalue weighted by Crippen LogP contribution is 2.12. The largest absolute Gasteiger partial charge is 0.508 e. The molecule has 0 aliphatic rings. The minimum absolute atomic E-state index is 0.164. The molecule has 0 saturated heterocycles. The molecule has 3 N–H and O–H groups in total. The summed E-state index contributed by atoms with van der Waals surface area (Å²) in [5.74, 6) is -0.0829. The number of nitrogens with one attached hydrogen (secondary N) is 2. The highest BCUT2D eigenvalue weighted by molar-refractivity contribution is 5.96. The molecule has 0 saturated carbocycles. The molecule has 5 nitrogen and oxygen atoms in total. The van der Waals surface area contributed by atoms with E-state index in [4.69, 9.17) is 0 Å². The van der Waals surface area contributed by atoms with Crippen LogP contribution >= 0.6 is 0 Å². The molecule has 0 fully saturated rings. The molecule has 0 unspecified atom stereocenters. The molecular formula is C18H20N2O3. The molecule has 5 heteroatoms. The smallest absolute Gasteiger partial charge is 0.251 e. The van der Waals surface area contributed by atoms with Crippen molar-refractivity contribution in [1.82, 2.24) is 5.32 Å². The van der Waals surface area contributed by atoms with Gasteiger partial charge in [-0.3, -0.25) is 9.59 Å². The minimum atomic E-state index is -0.170. The SMILES string of the molecule is CC(=O)Nc1cccc(C(=O)NCCCc2ccc(O)cc2)c1. The van der Waals surface area contributed by atoms with E-state index in [2.05, 4.69) is 10.6 Å². The zero-order valence-electron chi connectivity index (χ0n) is 13.0. The number of anilines is 1. The second-order valence-electron chi connectivity index (χ2n) is 5.29. The standard InChI is InChI=1S/C18H20N2O3/c1-13(21)20-16-6-2-5-15(12-16)18(23)19-11-3-4-14-7-9-17(22)10-8-14/h2,5-10,12,22H,3-4,11H2,1H3,(H,19,23)(H,20,21). The van der Waals surface area contributed by atoms with Gasteiger partial charge in [0.15, 0.2) is 0 Å². The Morgan fingerprint density at radius 2 is 1.83 bits per heavy atom. The van der Waals surface area contributed by atoms with Crippen molar-refractivity contribution in [2.45, 2.75) is 19.8 Å². The minimum Gasteiger partial charge on any atom is -0.508 e. The summed E-state index contributed by atoms with van der Waals surface area (Å²) >= 11 is 0. The van der Waals surface area contributed by atoms with Crippen LogP contribution < -0.4 is 10.6 Å². The normalized spacial score (nSPS) is 10.1. The van der Waals surface area contributed by atoms with Crippen LogP contribution in [0.2, 0.25) is 0 Å². The molecule has 0 radical (unpaired) electrons. The molecule has 0 aromatic heterocycles. The topological polar surface area (TPSA) is 78.4 Å². The fourth-order valence-electron chi connectivity index (χ4n) is 2.20. The molecule has 2 amide bonds. The van der Waals surface area contributed by atoms with E-state index in [9.17, 15) is 14.7 Å². The Morgan fingerprint density at radius 1 is 1.09 bits per heavy atom. The summed E-state index contributed by atoms with van der Waals surface area (Å²) < 4.78 is 0. The maximum atomic E-state index is 12.1. The molecule has 0 heterocycles. The molecule has 0 bridgehead atoms. The van der Waals surface area contributed by atoms with Gasteiger partial charge in [-0.25, -0.2) is 0 Å². The van der Waals surface area contributed by atoms with Crippen molar-refractivity contribution < 1.29 is 14.7 Å². The van der Waals surface area contributed by atoms with Crippen molar-refractivity contribution in [3.8, 4) is 5.75 Å². The predicted octanol–water partition coefficient (Wildman–Crippen LogP) is 2.71. The molecule has 120 valence electrons. The van der Waals surface area contributed by atoms with Gasteiger partial charge in [-0.15, -0.1) is 0 Å². The highest BCUT2D eigenvalue weighted by Gasteiger charge is 2.06. The quantitative estimate of drug-likeness (QED) is 0.718. The summed E-state index contributed by atoms with van der Waals surface area (Å²) in [7, 11) is 0. The monoisotopic (exact) mass is 312 g/mol.